The highest BCUT2D eigenvalue weighted by Crippen LogP contribution is 2.55. The van der Waals surface area contributed by atoms with Gasteiger partial charge in [0.2, 0.25) is 0 Å². The van der Waals surface area contributed by atoms with Gasteiger partial charge < -0.3 is 40.2 Å². The van der Waals surface area contributed by atoms with Gasteiger partial charge in [-0.3, -0.25) is 0 Å². The first-order valence-electron chi connectivity index (χ1n) is 17.3. The quantitative estimate of drug-likeness (QED) is 0.0699. The Kier molecular flexibility index (Phi) is 15.7. The summed E-state index contributed by atoms with van der Waals surface area (Å²) in [4.78, 5) is 0. The SMILES string of the molecule is CCCCCCCCC1(CCCCCCCC)c2cc(C(CB(O)O)B(O)O)ccc2-c2ccc(C(CB(O)O)B(O)O)cc21. The Labute approximate surface area is 271 Å². The first-order valence-corrected chi connectivity index (χ1v) is 17.3. The summed E-state index contributed by atoms with van der Waals surface area (Å²) in [5.74, 6) is -1.76. The van der Waals surface area contributed by atoms with Crippen molar-refractivity contribution >= 4 is 28.5 Å². The van der Waals surface area contributed by atoms with Gasteiger partial charge in [-0.15, -0.1) is 0 Å². The summed E-state index contributed by atoms with van der Waals surface area (Å²) in [6, 6.07) is 11.7. The molecule has 2 atom stereocenters. The fourth-order valence-corrected chi connectivity index (χ4v) is 7.38. The lowest BCUT2D eigenvalue weighted by molar-refractivity contribution is 0.371. The Morgan fingerprint density at radius 2 is 0.867 bits per heavy atom. The van der Waals surface area contributed by atoms with Gasteiger partial charge in [0.15, 0.2) is 0 Å². The summed E-state index contributed by atoms with van der Waals surface area (Å²) in [5.41, 5.74) is 5.08. The predicted molar refractivity (Wildman–Crippen MR) is 185 cm³/mol. The Hall–Kier alpha value is -1.62. The van der Waals surface area contributed by atoms with Crippen molar-refractivity contribution in [1.29, 1.82) is 0 Å². The fourth-order valence-electron chi connectivity index (χ4n) is 7.38. The van der Waals surface area contributed by atoms with Gasteiger partial charge in [-0.05, 0) is 58.9 Å². The topological polar surface area (TPSA) is 162 Å². The maximum Gasteiger partial charge on any atom is 0.458 e. The molecule has 1 aliphatic carbocycles. The third-order valence-electron chi connectivity index (χ3n) is 9.83. The van der Waals surface area contributed by atoms with E-state index in [2.05, 4.69) is 13.8 Å². The van der Waals surface area contributed by atoms with Crippen LogP contribution in [-0.2, 0) is 5.41 Å². The van der Waals surface area contributed by atoms with Crippen LogP contribution in [0.3, 0.4) is 0 Å². The lowest BCUT2D eigenvalue weighted by Gasteiger charge is -2.34. The molecule has 2 aromatic carbocycles. The van der Waals surface area contributed by atoms with Gasteiger partial charge in [-0.1, -0.05) is 127 Å². The van der Waals surface area contributed by atoms with Crippen molar-refractivity contribution in [2.45, 2.75) is 133 Å². The van der Waals surface area contributed by atoms with E-state index in [9.17, 15) is 40.2 Å². The van der Waals surface area contributed by atoms with Crippen LogP contribution in [0.4, 0.5) is 0 Å². The molecule has 0 saturated heterocycles. The minimum Gasteiger partial charge on any atom is -0.427 e. The van der Waals surface area contributed by atoms with Crippen LogP contribution in [0, 0.1) is 0 Å². The van der Waals surface area contributed by atoms with E-state index in [1.807, 2.05) is 36.4 Å². The van der Waals surface area contributed by atoms with E-state index in [4.69, 9.17) is 0 Å². The first kappa shape index (κ1) is 37.8. The van der Waals surface area contributed by atoms with E-state index in [0.717, 1.165) is 73.6 Å². The van der Waals surface area contributed by atoms with E-state index < -0.39 is 45.5 Å². The minimum atomic E-state index is -1.76. The van der Waals surface area contributed by atoms with Crippen LogP contribution in [0.5, 0.6) is 0 Å². The molecule has 12 heteroatoms. The molecule has 0 radical (unpaired) electrons. The average molecular weight is 622 g/mol. The van der Waals surface area contributed by atoms with Crippen LogP contribution in [0.1, 0.15) is 138 Å². The molecule has 45 heavy (non-hydrogen) atoms. The van der Waals surface area contributed by atoms with Crippen LogP contribution >= 0.6 is 0 Å². The maximum absolute atomic E-state index is 10.2. The van der Waals surface area contributed by atoms with Gasteiger partial charge >= 0.3 is 28.5 Å². The van der Waals surface area contributed by atoms with Crippen molar-refractivity contribution in [2.75, 3.05) is 0 Å². The van der Waals surface area contributed by atoms with E-state index in [1.165, 1.54) is 38.5 Å². The molecule has 3 rings (SSSR count). The van der Waals surface area contributed by atoms with Crippen LogP contribution in [0.25, 0.3) is 11.1 Å². The highest BCUT2D eigenvalue weighted by molar-refractivity contribution is 6.50. The van der Waals surface area contributed by atoms with Gasteiger partial charge in [0.05, 0.1) is 0 Å². The molecular formula is C33H54B4O8. The third-order valence-corrected chi connectivity index (χ3v) is 9.83. The molecule has 0 amide bonds. The second-order valence-corrected chi connectivity index (χ2v) is 13.2. The van der Waals surface area contributed by atoms with Crippen LogP contribution in [0.2, 0.25) is 12.6 Å². The molecule has 2 aromatic rings. The molecule has 0 saturated carbocycles. The highest BCUT2D eigenvalue weighted by Gasteiger charge is 2.44. The molecule has 0 aliphatic heterocycles. The Balaban J connectivity index is 2.14. The van der Waals surface area contributed by atoms with Gasteiger partial charge in [0.1, 0.15) is 0 Å². The molecule has 2 unspecified atom stereocenters. The Morgan fingerprint density at radius 3 is 1.20 bits per heavy atom. The van der Waals surface area contributed by atoms with Crippen molar-refractivity contribution in [1.82, 2.24) is 0 Å². The summed E-state index contributed by atoms with van der Waals surface area (Å²) in [7, 11) is -6.90. The number of hydrogen-bond donors (Lipinski definition) is 8. The number of benzene rings is 2. The zero-order valence-electron chi connectivity index (χ0n) is 27.3. The number of rotatable bonds is 22. The van der Waals surface area contributed by atoms with Crippen molar-refractivity contribution < 1.29 is 40.2 Å². The summed E-state index contributed by atoms with van der Waals surface area (Å²) in [5, 5.41) is 79.8. The second-order valence-electron chi connectivity index (χ2n) is 13.2. The smallest absolute Gasteiger partial charge is 0.427 e. The average Bonchev–Trinajstić information content (AvgIpc) is 3.26. The normalized spacial score (nSPS) is 14.5. The lowest BCUT2D eigenvalue weighted by Crippen LogP contribution is -2.30. The van der Waals surface area contributed by atoms with E-state index in [1.54, 1.807) is 0 Å². The number of hydrogen-bond acceptors (Lipinski definition) is 8. The summed E-state index contributed by atoms with van der Waals surface area (Å²) >= 11 is 0. The Bertz CT molecular complexity index is 1070. The van der Waals surface area contributed by atoms with Crippen molar-refractivity contribution in [3.63, 3.8) is 0 Å². The van der Waals surface area contributed by atoms with E-state index >= 15 is 0 Å². The molecule has 246 valence electrons. The molecule has 0 bridgehead atoms. The molecule has 0 fully saturated rings. The minimum absolute atomic E-state index is 0.213. The zero-order valence-corrected chi connectivity index (χ0v) is 27.3. The largest absolute Gasteiger partial charge is 0.458 e. The van der Waals surface area contributed by atoms with Gasteiger partial charge in [-0.25, -0.2) is 0 Å². The van der Waals surface area contributed by atoms with Gasteiger partial charge in [-0.2, -0.15) is 0 Å². The lowest BCUT2D eigenvalue weighted by atomic mass is 9.58. The predicted octanol–water partition coefficient (Wildman–Crippen LogP) is 4.59. The summed E-state index contributed by atoms with van der Waals surface area (Å²) in [6.45, 7) is 4.41. The number of unbranched alkanes of at least 4 members (excludes halogenated alkanes) is 10. The molecule has 0 heterocycles. The second kappa shape index (κ2) is 18.6. The van der Waals surface area contributed by atoms with Crippen molar-refractivity contribution in [2.24, 2.45) is 0 Å². The summed E-state index contributed by atoms with van der Waals surface area (Å²) < 4.78 is 0. The van der Waals surface area contributed by atoms with E-state index in [-0.39, 0.29) is 12.6 Å². The first-order chi connectivity index (χ1) is 21.5. The monoisotopic (exact) mass is 622 g/mol. The Morgan fingerprint density at radius 1 is 0.511 bits per heavy atom. The van der Waals surface area contributed by atoms with Crippen molar-refractivity contribution in [3.8, 4) is 11.1 Å². The van der Waals surface area contributed by atoms with Crippen LogP contribution in [0.15, 0.2) is 36.4 Å². The molecule has 0 aromatic heterocycles. The molecule has 0 spiro atoms. The molecule has 1 aliphatic rings. The van der Waals surface area contributed by atoms with Crippen LogP contribution < -0.4 is 0 Å². The van der Waals surface area contributed by atoms with Gasteiger partial charge in [0.25, 0.3) is 0 Å². The number of fused-ring (bicyclic) bond motifs is 3. The van der Waals surface area contributed by atoms with Crippen LogP contribution in [-0.4, -0.2) is 68.7 Å². The third kappa shape index (κ3) is 10.2. The fraction of sp³-hybridized carbons (Fsp3) is 0.636. The maximum atomic E-state index is 10.2. The molecular weight excluding hydrogens is 568 g/mol. The zero-order chi connectivity index (χ0) is 33.0. The van der Waals surface area contributed by atoms with E-state index in [0.29, 0.717) is 11.1 Å². The standard InChI is InChI=1S/C33H54B4O8/c1-3-5-7-9-11-13-19-33(20-14-12-10-8-6-4-2)29-21-25(31(36(42)43)23-34(38)39)15-17-27(29)28-18-16-26(22-30(28)33)32(37(44)45)24-35(40)41/h15-18,21-22,31-32,38-45H,3-14,19-20,23-24H2,1-2H3. The molecule has 8 nitrogen and oxygen atoms in total. The molecule has 8 N–H and O–H groups in total. The highest BCUT2D eigenvalue weighted by atomic mass is 16.4. The summed E-state index contributed by atoms with van der Waals surface area (Å²) in [6.07, 6.45) is 15.0. The van der Waals surface area contributed by atoms with Gasteiger partial charge in [0, 0.05) is 17.0 Å². The van der Waals surface area contributed by atoms with Crippen molar-refractivity contribution in [3.05, 3.63) is 58.7 Å².